The molecule has 0 bridgehead atoms. The Morgan fingerprint density at radius 1 is 1.07 bits per heavy atom. The van der Waals surface area contributed by atoms with Gasteiger partial charge in [0.15, 0.2) is 0 Å². The van der Waals surface area contributed by atoms with Gasteiger partial charge in [0.2, 0.25) is 0 Å². The average molecular weight is 213 g/mol. The number of aliphatic hydroxyl groups is 1. The molecule has 1 heterocycles. The molecular weight excluding hydrogens is 186 g/mol. The van der Waals surface area contributed by atoms with E-state index in [0.717, 1.165) is 19.0 Å². The Balaban J connectivity index is 2.37. The lowest BCUT2D eigenvalue weighted by Crippen LogP contribution is -2.48. The smallest absolute Gasteiger partial charge is 0.112 e. The number of nitrogens with zero attached hydrogens (tertiary/aromatic N) is 1. The molecule has 0 aliphatic carbocycles. The summed E-state index contributed by atoms with van der Waals surface area (Å²) in [5.41, 5.74) is -0.186. The van der Waals surface area contributed by atoms with Crippen molar-refractivity contribution in [3.8, 4) is 0 Å². The van der Waals surface area contributed by atoms with Crippen molar-refractivity contribution in [2.75, 3.05) is 13.1 Å². The van der Waals surface area contributed by atoms with Crippen molar-refractivity contribution in [2.45, 2.75) is 59.6 Å². The van der Waals surface area contributed by atoms with E-state index in [2.05, 4.69) is 25.7 Å². The molecule has 0 aromatic carbocycles. The molecular formula is C13H27NO. The second kappa shape index (κ2) is 4.42. The van der Waals surface area contributed by atoms with Gasteiger partial charge in [0.05, 0.1) is 0 Å². The van der Waals surface area contributed by atoms with Gasteiger partial charge in [-0.1, -0.05) is 20.8 Å². The zero-order chi connectivity index (χ0) is 11.7. The molecule has 1 aliphatic rings. The van der Waals surface area contributed by atoms with E-state index in [0.29, 0.717) is 5.41 Å². The van der Waals surface area contributed by atoms with Gasteiger partial charge in [-0.2, -0.15) is 0 Å². The van der Waals surface area contributed by atoms with Crippen molar-refractivity contribution in [2.24, 2.45) is 11.3 Å². The van der Waals surface area contributed by atoms with Gasteiger partial charge in [0, 0.05) is 13.1 Å². The number of likely N-dealkylation sites (tertiary alicyclic amines) is 1. The maximum atomic E-state index is 9.89. The predicted molar refractivity (Wildman–Crippen MR) is 64.7 cm³/mol. The zero-order valence-electron chi connectivity index (χ0n) is 11.0. The third-order valence-electron chi connectivity index (χ3n) is 3.29. The third kappa shape index (κ3) is 4.52. The molecule has 1 fully saturated rings. The molecule has 0 atom stereocenters. The predicted octanol–water partition coefficient (Wildman–Crippen LogP) is 2.86. The Hall–Kier alpha value is -0.0800. The molecule has 0 aromatic heterocycles. The summed E-state index contributed by atoms with van der Waals surface area (Å²) in [6, 6.07) is 0. The van der Waals surface area contributed by atoms with E-state index >= 15 is 0 Å². The summed E-state index contributed by atoms with van der Waals surface area (Å²) in [7, 11) is 0. The normalized spacial score (nSPS) is 22.0. The zero-order valence-corrected chi connectivity index (χ0v) is 11.0. The minimum Gasteiger partial charge on any atom is -0.376 e. The van der Waals surface area contributed by atoms with Crippen LogP contribution in [0.15, 0.2) is 0 Å². The topological polar surface area (TPSA) is 23.5 Å². The first kappa shape index (κ1) is 13.0. The van der Waals surface area contributed by atoms with Crippen molar-refractivity contribution in [3.05, 3.63) is 0 Å². The highest BCUT2D eigenvalue weighted by molar-refractivity contribution is 4.80. The second-order valence-corrected chi connectivity index (χ2v) is 6.69. The van der Waals surface area contributed by atoms with Crippen molar-refractivity contribution in [1.82, 2.24) is 4.90 Å². The molecule has 1 aliphatic heterocycles. The minimum atomic E-state index is -0.632. The van der Waals surface area contributed by atoms with Crippen molar-refractivity contribution in [3.63, 3.8) is 0 Å². The summed E-state index contributed by atoms with van der Waals surface area (Å²) < 4.78 is 0. The van der Waals surface area contributed by atoms with Crippen LogP contribution in [0.3, 0.4) is 0 Å². The largest absolute Gasteiger partial charge is 0.376 e. The third-order valence-corrected chi connectivity index (χ3v) is 3.29. The molecule has 2 heteroatoms. The van der Waals surface area contributed by atoms with E-state index in [4.69, 9.17) is 0 Å². The Kier molecular flexibility index (Phi) is 3.83. The molecule has 2 nitrogen and oxygen atoms in total. The molecule has 0 amide bonds. The quantitative estimate of drug-likeness (QED) is 0.762. The van der Waals surface area contributed by atoms with E-state index < -0.39 is 5.72 Å². The van der Waals surface area contributed by atoms with Crippen molar-refractivity contribution >= 4 is 0 Å². The lowest BCUT2D eigenvalue weighted by Gasteiger charge is -2.40. The van der Waals surface area contributed by atoms with Gasteiger partial charge in [-0.05, 0) is 44.4 Å². The fourth-order valence-electron chi connectivity index (χ4n) is 2.55. The number of hydrogen-bond donors (Lipinski definition) is 1. The van der Waals surface area contributed by atoms with Crippen LogP contribution < -0.4 is 0 Å². The fourth-order valence-corrected chi connectivity index (χ4v) is 2.55. The lowest BCUT2D eigenvalue weighted by atomic mass is 9.80. The first-order valence-corrected chi connectivity index (χ1v) is 6.16. The van der Waals surface area contributed by atoms with Crippen LogP contribution in [0, 0.1) is 11.3 Å². The van der Waals surface area contributed by atoms with E-state index in [1.165, 1.54) is 19.3 Å². The molecule has 1 N–H and O–H groups in total. The maximum absolute atomic E-state index is 9.89. The van der Waals surface area contributed by atoms with Gasteiger partial charge >= 0.3 is 0 Å². The molecule has 1 saturated heterocycles. The summed E-state index contributed by atoms with van der Waals surface area (Å²) in [6.45, 7) is 12.8. The summed E-state index contributed by atoms with van der Waals surface area (Å²) >= 11 is 0. The van der Waals surface area contributed by atoms with Crippen LogP contribution in [0.1, 0.15) is 53.9 Å². The maximum Gasteiger partial charge on any atom is 0.112 e. The number of rotatable bonds is 2. The Morgan fingerprint density at radius 2 is 1.53 bits per heavy atom. The Labute approximate surface area is 94.7 Å². The van der Waals surface area contributed by atoms with E-state index in [9.17, 15) is 5.11 Å². The highest BCUT2D eigenvalue weighted by Gasteiger charge is 2.29. The SMILES string of the molecule is CC(C)(C)CC1CCN(C(C)(C)O)CC1. The highest BCUT2D eigenvalue weighted by Crippen LogP contribution is 2.32. The van der Waals surface area contributed by atoms with Gasteiger partial charge in [0.25, 0.3) is 0 Å². The molecule has 1 rings (SSSR count). The van der Waals surface area contributed by atoms with Gasteiger partial charge < -0.3 is 5.11 Å². The van der Waals surface area contributed by atoms with Crippen LogP contribution in [0.25, 0.3) is 0 Å². The van der Waals surface area contributed by atoms with Crippen LogP contribution in [0.2, 0.25) is 0 Å². The van der Waals surface area contributed by atoms with E-state index in [-0.39, 0.29) is 0 Å². The molecule has 0 aromatic rings. The minimum absolute atomic E-state index is 0.446. The Morgan fingerprint density at radius 3 is 1.87 bits per heavy atom. The fraction of sp³-hybridized carbons (Fsp3) is 1.00. The van der Waals surface area contributed by atoms with Crippen LogP contribution in [0.5, 0.6) is 0 Å². The molecule has 0 saturated carbocycles. The molecule has 90 valence electrons. The molecule has 15 heavy (non-hydrogen) atoms. The van der Waals surface area contributed by atoms with Crippen LogP contribution in [-0.4, -0.2) is 28.8 Å². The summed E-state index contributed by atoms with van der Waals surface area (Å²) in [6.07, 6.45) is 3.79. The standard InChI is InChI=1S/C13H27NO/c1-12(2,3)10-11-6-8-14(9-7-11)13(4,5)15/h11,15H,6-10H2,1-5H3. The average Bonchev–Trinajstić information content (AvgIpc) is 2.00. The van der Waals surface area contributed by atoms with Gasteiger partial charge in [-0.3, -0.25) is 4.90 Å². The van der Waals surface area contributed by atoms with E-state index in [1.54, 1.807) is 0 Å². The van der Waals surface area contributed by atoms with E-state index in [1.807, 2.05) is 13.8 Å². The molecule has 0 spiro atoms. The van der Waals surface area contributed by atoms with Crippen molar-refractivity contribution < 1.29 is 5.11 Å². The molecule has 0 unspecified atom stereocenters. The lowest BCUT2D eigenvalue weighted by molar-refractivity contribution is -0.0935. The van der Waals surface area contributed by atoms with Crippen molar-refractivity contribution in [1.29, 1.82) is 0 Å². The van der Waals surface area contributed by atoms with Crippen LogP contribution >= 0.6 is 0 Å². The monoisotopic (exact) mass is 213 g/mol. The van der Waals surface area contributed by atoms with Gasteiger partial charge in [-0.25, -0.2) is 0 Å². The van der Waals surface area contributed by atoms with Gasteiger partial charge in [0.1, 0.15) is 5.72 Å². The second-order valence-electron chi connectivity index (χ2n) is 6.69. The first-order chi connectivity index (χ1) is 6.68. The van der Waals surface area contributed by atoms with Crippen LogP contribution in [0.4, 0.5) is 0 Å². The van der Waals surface area contributed by atoms with Crippen LogP contribution in [-0.2, 0) is 0 Å². The summed E-state index contributed by atoms with van der Waals surface area (Å²) in [4.78, 5) is 2.19. The Bertz CT molecular complexity index is 192. The summed E-state index contributed by atoms with van der Waals surface area (Å²) in [5, 5.41) is 9.89. The number of hydrogen-bond acceptors (Lipinski definition) is 2. The summed E-state index contributed by atoms with van der Waals surface area (Å²) in [5.74, 6) is 0.851. The first-order valence-electron chi connectivity index (χ1n) is 6.16. The highest BCUT2D eigenvalue weighted by atomic mass is 16.3. The number of piperidine rings is 1. The molecule has 0 radical (unpaired) electrons. The van der Waals surface area contributed by atoms with Gasteiger partial charge in [-0.15, -0.1) is 0 Å².